The summed E-state index contributed by atoms with van der Waals surface area (Å²) in [4.78, 5) is 3.99. The lowest BCUT2D eigenvalue weighted by Gasteiger charge is -2.14. The number of hydrogen-bond acceptors (Lipinski definition) is 3. The molecule has 0 spiro atoms. The van der Waals surface area contributed by atoms with Crippen LogP contribution in [0.4, 0.5) is 0 Å². The zero-order valence-corrected chi connectivity index (χ0v) is 8.07. The van der Waals surface area contributed by atoms with E-state index < -0.39 is 0 Å². The Morgan fingerprint density at radius 2 is 2.50 bits per heavy atom. The van der Waals surface area contributed by atoms with E-state index in [2.05, 4.69) is 16.4 Å². The highest BCUT2D eigenvalue weighted by molar-refractivity contribution is 5.17. The molecule has 2 rings (SSSR count). The van der Waals surface area contributed by atoms with Crippen molar-refractivity contribution < 1.29 is 4.74 Å². The summed E-state index contributed by atoms with van der Waals surface area (Å²) in [5.74, 6) is 0.840. The van der Waals surface area contributed by atoms with Crippen molar-refractivity contribution >= 4 is 0 Å². The minimum absolute atomic E-state index is 0.688. The van der Waals surface area contributed by atoms with E-state index in [1.165, 1.54) is 5.57 Å². The number of rotatable bonds is 3. The molecular weight excluding hydrogens is 176 g/mol. The number of nitrogens with zero attached hydrogens (tertiary/aromatic N) is 1. The van der Waals surface area contributed by atoms with Crippen molar-refractivity contribution in [3.8, 4) is 5.75 Å². The van der Waals surface area contributed by atoms with E-state index in [-0.39, 0.29) is 0 Å². The van der Waals surface area contributed by atoms with Crippen LogP contribution in [0.15, 0.2) is 36.2 Å². The van der Waals surface area contributed by atoms with Crippen molar-refractivity contribution in [2.45, 2.75) is 6.42 Å². The van der Waals surface area contributed by atoms with E-state index >= 15 is 0 Å². The fourth-order valence-electron chi connectivity index (χ4n) is 1.41. The van der Waals surface area contributed by atoms with Gasteiger partial charge in [-0.2, -0.15) is 0 Å². The van der Waals surface area contributed by atoms with E-state index in [9.17, 15) is 0 Å². The third kappa shape index (κ3) is 2.57. The Morgan fingerprint density at radius 1 is 1.50 bits per heavy atom. The van der Waals surface area contributed by atoms with Gasteiger partial charge < -0.3 is 10.1 Å². The number of hydrogen-bond donors (Lipinski definition) is 1. The van der Waals surface area contributed by atoms with Crippen LogP contribution < -0.4 is 10.1 Å². The maximum atomic E-state index is 5.59. The van der Waals surface area contributed by atoms with Crippen molar-refractivity contribution in [3.63, 3.8) is 0 Å². The minimum Gasteiger partial charge on any atom is -0.488 e. The summed E-state index contributed by atoms with van der Waals surface area (Å²) in [6.45, 7) is 2.71. The standard InChI is InChI=1S/C11H14N2O/c1-2-11(8-13-5-1)14-9-10-3-6-12-7-4-10/h1-3,5,8,12H,4,6-7,9H2. The maximum absolute atomic E-state index is 5.59. The number of aromatic nitrogens is 1. The molecule has 1 aromatic rings. The highest BCUT2D eigenvalue weighted by Crippen LogP contribution is 2.10. The average molecular weight is 190 g/mol. The number of nitrogens with one attached hydrogen (secondary N) is 1. The van der Waals surface area contributed by atoms with Gasteiger partial charge in [-0.25, -0.2) is 0 Å². The maximum Gasteiger partial charge on any atom is 0.138 e. The molecule has 0 aliphatic carbocycles. The Hall–Kier alpha value is -1.35. The van der Waals surface area contributed by atoms with Crippen molar-refractivity contribution in [2.24, 2.45) is 0 Å². The number of pyridine rings is 1. The molecule has 1 aromatic heterocycles. The monoisotopic (exact) mass is 190 g/mol. The van der Waals surface area contributed by atoms with Gasteiger partial charge in [0, 0.05) is 12.7 Å². The van der Waals surface area contributed by atoms with Gasteiger partial charge in [-0.1, -0.05) is 6.08 Å². The third-order valence-corrected chi connectivity index (χ3v) is 2.22. The highest BCUT2D eigenvalue weighted by atomic mass is 16.5. The first-order valence-electron chi connectivity index (χ1n) is 4.86. The third-order valence-electron chi connectivity index (χ3n) is 2.22. The molecule has 74 valence electrons. The topological polar surface area (TPSA) is 34.1 Å². The first-order valence-corrected chi connectivity index (χ1v) is 4.86. The average Bonchev–Trinajstić information content (AvgIpc) is 2.29. The normalized spacial score (nSPS) is 16.1. The molecule has 0 atom stereocenters. The SMILES string of the molecule is C1=C(COc2cccnc2)CCNC1. The zero-order chi connectivity index (χ0) is 9.64. The molecule has 0 radical (unpaired) electrons. The first-order chi connectivity index (χ1) is 6.95. The molecule has 0 aromatic carbocycles. The summed E-state index contributed by atoms with van der Waals surface area (Å²) in [7, 11) is 0. The van der Waals surface area contributed by atoms with E-state index in [1.807, 2.05) is 12.1 Å². The lowest BCUT2D eigenvalue weighted by Crippen LogP contribution is -2.22. The first kappa shape index (κ1) is 9.21. The smallest absolute Gasteiger partial charge is 0.138 e. The second kappa shape index (κ2) is 4.77. The zero-order valence-electron chi connectivity index (χ0n) is 8.07. The Bertz CT molecular complexity index is 308. The van der Waals surface area contributed by atoms with Gasteiger partial charge in [-0.15, -0.1) is 0 Å². The van der Waals surface area contributed by atoms with Crippen molar-refractivity contribution in [2.75, 3.05) is 19.7 Å². The summed E-state index contributed by atoms with van der Waals surface area (Å²) < 4.78 is 5.59. The Balaban J connectivity index is 1.85. The number of ether oxygens (including phenoxy) is 1. The minimum atomic E-state index is 0.688. The van der Waals surface area contributed by atoms with Crippen LogP contribution in [0.25, 0.3) is 0 Å². The fraction of sp³-hybridized carbons (Fsp3) is 0.364. The van der Waals surface area contributed by atoms with Crippen LogP contribution in [-0.2, 0) is 0 Å². The van der Waals surface area contributed by atoms with Crippen molar-refractivity contribution in [3.05, 3.63) is 36.2 Å². The summed E-state index contributed by atoms with van der Waals surface area (Å²) in [6, 6.07) is 3.81. The van der Waals surface area contributed by atoms with Crippen LogP contribution in [0.3, 0.4) is 0 Å². The van der Waals surface area contributed by atoms with E-state index in [0.717, 1.165) is 25.3 Å². The van der Waals surface area contributed by atoms with Gasteiger partial charge in [-0.05, 0) is 30.7 Å². The van der Waals surface area contributed by atoms with Crippen molar-refractivity contribution in [1.29, 1.82) is 0 Å². The molecule has 1 aliphatic rings. The van der Waals surface area contributed by atoms with Crippen LogP contribution in [0.1, 0.15) is 6.42 Å². The highest BCUT2D eigenvalue weighted by Gasteiger charge is 2.03. The molecular formula is C11H14N2O. The second-order valence-corrected chi connectivity index (χ2v) is 3.29. The molecule has 2 heterocycles. The molecule has 1 N–H and O–H groups in total. The molecule has 0 fully saturated rings. The lowest BCUT2D eigenvalue weighted by atomic mass is 10.1. The van der Waals surface area contributed by atoms with Crippen LogP contribution in [0.5, 0.6) is 5.75 Å². The predicted molar refractivity (Wildman–Crippen MR) is 55.3 cm³/mol. The van der Waals surface area contributed by atoms with Gasteiger partial charge >= 0.3 is 0 Å². The summed E-state index contributed by atoms with van der Waals surface area (Å²) >= 11 is 0. The van der Waals surface area contributed by atoms with Gasteiger partial charge in [0.05, 0.1) is 6.20 Å². The molecule has 3 heteroatoms. The van der Waals surface area contributed by atoms with Gasteiger partial charge in [0.2, 0.25) is 0 Å². The van der Waals surface area contributed by atoms with Crippen molar-refractivity contribution in [1.82, 2.24) is 10.3 Å². The molecule has 14 heavy (non-hydrogen) atoms. The molecule has 0 bridgehead atoms. The predicted octanol–water partition coefficient (Wildman–Crippen LogP) is 1.38. The molecule has 3 nitrogen and oxygen atoms in total. The van der Waals surface area contributed by atoms with Crippen LogP contribution in [-0.4, -0.2) is 24.7 Å². The molecule has 0 saturated carbocycles. The van der Waals surface area contributed by atoms with Crippen LogP contribution >= 0.6 is 0 Å². The Labute approximate surface area is 83.8 Å². The van der Waals surface area contributed by atoms with Gasteiger partial charge in [-0.3, -0.25) is 4.98 Å². The Kier molecular flexibility index (Phi) is 3.14. The Morgan fingerprint density at radius 3 is 3.21 bits per heavy atom. The summed E-state index contributed by atoms with van der Waals surface area (Å²) in [6.07, 6.45) is 6.76. The van der Waals surface area contributed by atoms with E-state index in [1.54, 1.807) is 12.4 Å². The van der Waals surface area contributed by atoms with Gasteiger partial charge in [0.15, 0.2) is 0 Å². The molecule has 1 aliphatic heterocycles. The second-order valence-electron chi connectivity index (χ2n) is 3.29. The molecule has 0 unspecified atom stereocenters. The molecule has 0 amide bonds. The van der Waals surface area contributed by atoms with Crippen LogP contribution in [0, 0.1) is 0 Å². The van der Waals surface area contributed by atoms with E-state index in [4.69, 9.17) is 4.74 Å². The largest absolute Gasteiger partial charge is 0.488 e. The lowest BCUT2D eigenvalue weighted by molar-refractivity contribution is 0.343. The molecule has 0 saturated heterocycles. The summed E-state index contributed by atoms with van der Waals surface area (Å²) in [5, 5.41) is 3.27. The summed E-state index contributed by atoms with van der Waals surface area (Å²) in [5.41, 5.74) is 1.37. The van der Waals surface area contributed by atoms with Gasteiger partial charge in [0.25, 0.3) is 0 Å². The van der Waals surface area contributed by atoms with E-state index in [0.29, 0.717) is 6.61 Å². The van der Waals surface area contributed by atoms with Crippen LogP contribution in [0.2, 0.25) is 0 Å². The van der Waals surface area contributed by atoms with Gasteiger partial charge in [0.1, 0.15) is 12.4 Å². The quantitative estimate of drug-likeness (QED) is 0.731. The fourth-order valence-corrected chi connectivity index (χ4v) is 1.41.